The Labute approximate surface area is 121 Å². The molecule has 0 aromatic heterocycles. The van der Waals surface area contributed by atoms with Crippen molar-refractivity contribution in [3.05, 3.63) is 71.3 Å². The highest BCUT2D eigenvalue weighted by Gasteiger charge is 2.13. The van der Waals surface area contributed by atoms with E-state index in [1.807, 2.05) is 30.3 Å². The Balaban J connectivity index is 2.09. The Kier molecular flexibility index (Phi) is 4.92. The third-order valence-corrected chi connectivity index (χ3v) is 3.60. The fourth-order valence-electron chi connectivity index (χ4n) is 2.38. The summed E-state index contributed by atoms with van der Waals surface area (Å²) in [5, 5.41) is 12.5. The first-order valence-corrected chi connectivity index (χ1v) is 7.05. The van der Waals surface area contributed by atoms with E-state index in [1.165, 1.54) is 11.1 Å². The maximum Gasteiger partial charge on any atom is 0.0991 e. The van der Waals surface area contributed by atoms with Crippen LogP contribution in [0.15, 0.2) is 54.6 Å². The van der Waals surface area contributed by atoms with Gasteiger partial charge in [0, 0.05) is 12.1 Å². The van der Waals surface area contributed by atoms with Crippen LogP contribution in [-0.2, 0) is 0 Å². The first-order chi connectivity index (χ1) is 9.74. The predicted octanol–water partition coefficient (Wildman–Crippen LogP) is 4.36. The van der Waals surface area contributed by atoms with Crippen molar-refractivity contribution in [2.45, 2.75) is 32.4 Å². The van der Waals surface area contributed by atoms with E-state index in [0.29, 0.717) is 11.6 Å². The van der Waals surface area contributed by atoms with Gasteiger partial charge in [0.05, 0.1) is 11.6 Å². The predicted molar refractivity (Wildman–Crippen MR) is 82.2 cm³/mol. The van der Waals surface area contributed by atoms with Crippen molar-refractivity contribution in [2.75, 3.05) is 0 Å². The Morgan fingerprint density at radius 3 is 2.20 bits per heavy atom. The van der Waals surface area contributed by atoms with Gasteiger partial charge < -0.3 is 5.32 Å². The molecule has 102 valence electrons. The third kappa shape index (κ3) is 3.46. The molecule has 2 atom stereocenters. The summed E-state index contributed by atoms with van der Waals surface area (Å²) in [5.41, 5.74) is 3.23. The minimum absolute atomic E-state index is 0.257. The van der Waals surface area contributed by atoms with Gasteiger partial charge in [0.15, 0.2) is 0 Å². The zero-order valence-electron chi connectivity index (χ0n) is 12.0. The smallest absolute Gasteiger partial charge is 0.0991 e. The molecule has 0 aliphatic heterocycles. The van der Waals surface area contributed by atoms with Crippen molar-refractivity contribution in [1.29, 1.82) is 5.26 Å². The number of hydrogen-bond donors (Lipinski definition) is 1. The summed E-state index contributed by atoms with van der Waals surface area (Å²) >= 11 is 0. The number of hydrogen-bond acceptors (Lipinski definition) is 2. The number of rotatable bonds is 5. The average Bonchev–Trinajstić information content (AvgIpc) is 2.53. The van der Waals surface area contributed by atoms with Crippen molar-refractivity contribution in [2.24, 2.45) is 0 Å². The van der Waals surface area contributed by atoms with Crippen LogP contribution in [0.4, 0.5) is 0 Å². The molecule has 2 rings (SSSR count). The molecule has 0 aliphatic rings. The molecule has 0 saturated heterocycles. The molecule has 0 bridgehead atoms. The molecule has 0 spiro atoms. The molecule has 20 heavy (non-hydrogen) atoms. The summed E-state index contributed by atoms with van der Waals surface area (Å²) in [6, 6.07) is 21.1. The lowest BCUT2D eigenvalue weighted by Gasteiger charge is -2.23. The van der Waals surface area contributed by atoms with Gasteiger partial charge in [0.2, 0.25) is 0 Å². The van der Waals surface area contributed by atoms with Crippen molar-refractivity contribution in [3.63, 3.8) is 0 Å². The molecular weight excluding hydrogens is 244 g/mol. The molecule has 0 amide bonds. The van der Waals surface area contributed by atoms with Crippen molar-refractivity contribution in [3.8, 4) is 6.07 Å². The molecule has 2 aromatic rings. The molecule has 0 saturated carbocycles. The molecule has 2 aromatic carbocycles. The second-order valence-electron chi connectivity index (χ2n) is 4.99. The summed E-state index contributed by atoms with van der Waals surface area (Å²) < 4.78 is 0. The molecule has 0 fully saturated rings. The first kappa shape index (κ1) is 14.3. The fraction of sp³-hybridized carbons (Fsp3) is 0.278. The number of nitriles is 1. The maximum absolute atomic E-state index is 8.83. The van der Waals surface area contributed by atoms with Gasteiger partial charge in [0.25, 0.3) is 0 Å². The Hall–Kier alpha value is -2.11. The molecular formula is C18H20N2. The second-order valence-corrected chi connectivity index (χ2v) is 4.99. The van der Waals surface area contributed by atoms with Crippen LogP contribution in [-0.4, -0.2) is 0 Å². The third-order valence-electron chi connectivity index (χ3n) is 3.60. The minimum atomic E-state index is 0.257. The first-order valence-electron chi connectivity index (χ1n) is 7.05. The Morgan fingerprint density at radius 2 is 1.65 bits per heavy atom. The van der Waals surface area contributed by atoms with Crippen LogP contribution in [0.1, 0.15) is 49.0 Å². The van der Waals surface area contributed by atoms with Gasteiger partial charge in [-0.1, -0.05) is 49.4 Å². The van der Waals surface area contributed by atoms with E-state index in [9.17, 15) is 0 Å². The van der Waals surface area contributed by atoms with Crippen LogP contribution < -0.4 is 5.32 Å². The van der Waals surface area contributed by atoms with Gasteiger partial charge >= 0.3 is 0 Å². The lowest BCUT2D eigenvalue weighted by molar-refractivity contribution is 0.456. The second kappa shape index (κ2) is 6.88. The average molecular weight is 264 g/mol. The Bertz CT molecular complexity index is 567. The monoisotopic (exact) mass is 264 g/mol. The summed E-state index contributed by atoms with van der Waals surface area (Å²) in [6.07, 6.45) is 1.05. The van der Waals surface area contributed by atoms with Crippen molar-refractivity contribution >= 4 is 0 Å². The summed E-state index contributed by atoms with van der Waals surface area (Å²) in [5.74, 6) is 0. The highest BCUT2D eigenvalue weighted by molar-refractivity contribution is 5.33. The van der Waals surface area contributed by atoms with Crippen LogP contribution in [0.25, 0.3) is 0 Å². The summed E-state index contributed by atoms with van der Waals surface area (Å²) in [6.45, 7) is 4.35. The van der Waals surface area contributed by atoms with Gasteiger partial charge in [-0.2, -0.15) is 5.26 Å². The lowest BCUT2D eigenvalue weighted by atomic mass is 10.0. The quantitative estimate of drug-likeness (QED) is 0.871. The van der Waals surface area contributed by atoms with Gasteiger partial charge in [-0.3, -0.25) is 0 Å². The topological polar surface area (TPSA) is 35.8 Å². The van der Waals surface area contributed by atoms with E-state index in [1.54, 1.807) is 0 Å². The van der Waals surface area contributed by atoms with Gasteiger partial charge in [0.1, 0.15) is 0 Å². The van der Waals surface area contributed by atoms with Crippen LogP contribution in [0.3, 0.4) is 0 Å². The number of nitrogens with zero attached hydrogens (tertiary/aromatic N) is 1. The van der Waals surface area contributed by atoms with Crippen LogP contribution in [0.2, 0.25) is 0 Å². The van der Waals surface area contributed by atoms with Crippen LogP contribution in [0.5, 0.6) is 0 Å². The lowest BCUT2D eigenvalue weighted by Crippen LogP contribution is -2.24. The van der Waals surface area contributed by atoms with E-state index in [4.69, 9.17) is 5.26 Å². The fourth-order valence-corrected chi connectivity index (χ4v) is 2.38. The molecule has 2 unspecified atom stereocenters. The van der Waals surface area contributed by atoms with Gasteiger partial charge in [-0.25, -0.2) is 0 Å². The normalized spacial score (nSPS) is 13.4. The van der Waals surface area contributed by atoms with E-state index in [2.05, 4.69) is 49.5 Å². The van der Waals surface area contributed by atoms with Gasteiger partial charge in [-0.05, 0) is 36.6 Å². The van der Waals surface area contributed by atoms with E-state index < -0.39 is 0 Å². The van der Waals surface area contributed by atoms with Crippen molar-refractivity contribution < 1.29 is 0 Å². The minimum Gasteiger partial charge on any atom is -0.303 e. The molecule has 0 radical (unpaired) electrons. The molecule has 2 heteroatoms. The standard InChI is InChI=1S/C18H20N2/c1-3-18(17-7-5-4-6-8-17)20-14(2)16-11-9-15(13-19)10-12-16/h4-12,14,18,20H,3H2,1-2H3. The zero-order valence-corrected chi connectivity index (χ0v) is 12.0. The van der Waals surface area contributed by atoms with Gasteiger partial charge in [-0.15, -0.1) is 0 Å². The van der Waals surface area contributed by atoms with E-state index >= 15 is 0 Å². The van der Waals surface area contributed by atoms with Crippen LogP contribution >= 0.6 is 0 Å². The van der Waals surface area contributed by atoms with Crippen LogP contribution in [0, 0.1) is 11.3 Å². The number of nitrogens with one attached hydrogen (secondary N) is 1. The van der Waals surface area contributed by atoms with Crippen molar-refractivity contribution in [1.82, 2.24) is 5.32 Å². The largest absolute Gasteiger partial charge is 0.303 e. The summed E-state index contributed by atoms with van der Waals surface area (Å²) in [7, 11) is 0. The molecule has 1 N–H and O–H groups in total. The highest BCUT2D eigenvalue weighted by Crippen LogP contribution is 2.22. The van der Waals surface area contributed by atoms with E-state index in [0.717, 1.165) is 6.42 Å². The van der Waals surface area contributed by atoms with E-state index in [-0.39, 0.29) is 6.04 Å². The maximum atomic E-state index is 8.83. The summed E-state index contributed by atoms with van der Waals surface area (Å²) in [4.78, 5) is 0. The number of benzene rings is 2. The zero-order chi connectivity index (χ0) is 14.4. The SMILES string of the molecule is CCC(NC(C)c1ccc(C#N)cc1)c1ccccc1. The molecule has 0 aliphatic carbocycles. The molecule has 2 nitrogen and oxygen atoms in total. The molecule has 0 heterocycles. The Morgan fingerprint density at radius 1 is 1.00 bits per heavy atom. The highest BCUT2D eigenvalue weighted by atomic mass is 14.9.